The topological polar surface area (TPSA) is 59.2 Å². The average molecular weight is 325 g/mol. The van der Waals surface area contributed by atoms with Gasteiger partial charge in [-0.05, 0) is 36.6 Å². The molecule has 1 aliphatic rings. The van der Waals surface area contributed by atoms with Crippen LogP contribution in [-0.2, 0) is 11.0 Å². The Bertz CT molecular complexity index is 724. The molecule has 1 saturated carbocycles. The molecule has 0 saturated heterocycles. The summed E-state index contributed by atoms with van der Waals surface area (Å²) in [6, 6.07) is 6.40. The van der Waals surface area contributed by atoms with E-state index in [0.717, 1.165) is 6.42 Å². The van der Waals surface area contributed by atoms with E-state index in [1.54, 1.807) is 36.2 Å². The Labute approximate surface area is 130 Å². The van der Waals surface area contributed by atoms with E-state index in [0.29, 0.717) is 17.2 Å². The number of alkyl halides is 3. The molecule has 23 heavy (non-hydrogen) atoms. The van der Waals surface area contributed by atoms with Crippen molar-refractivity contribution in [1.29, 1.82) is 0 Å². The van der Waals surface area contributed by atoms with Gasteiger partial charge in [0.05, 0.1) is 0 Å². The summed E-state index contributed by atoms with van der Waals surface area (Å²) in [6.07, 6.45) is -3.77. The predicted molar refractivity (Wildman–Crippen MR) is 75.4 cm³/mol. The maximum absolute atomic E-state index is 12.4. The van der Waals surface area contributed by atoms with Crippen LogP contribution in [0.25, 0.3) is 11.4 Å². The standard InChI is InChI=1S/C15H14F3N3O2/c1-8-7-11(8)13(22)21(2)10-5-3-9(4-6-10)12-19-14(23-20-12)15(16,17)18/h3-6,8,11H,7H2,1-2H3. The molecular formula is C15H14F3N3O2. The smallest absolute Gasteiger partial charge is 0.329 e. The first-order valence-corrected chi connectivity index (χ1v) is 7.06. The SMILES string of the molecule is CC1CC1C(=O)N(C)c1ccc(-c2noc(C(F)(F)F)n2)cc1. The molecule has 0 radical (unpaired) electrons. The highest BCUT2D eigenvalue weighted by Crippen LogP contribution is 2.39. The number of benzene rings is 1. The molecule has 2 unspecified atom stereocenters. The first-order chi connectivity index (χ1) is 10.8. The predicted octanol–water partition coefficient (Wildman–Crippen LogP) is 3.37. The van der Waals surface area contributed by atoms with E-state index in [2.05, 4.69) is 14.7 Å². The summed E-state index contributed by atoms with van der Waals surface area (Å²) in [5.41, 5.74) is 1.05. The van der Waals surface area contributed by atoms with Crippen LogP contribution in [0.5, 0.6) is 0 Å². The highest BCUT2D eigenvalue weighted by molar-refractivity contribution is 5.96. The van der Waals surface area contributed by atoms with Crippen molar-refractivity contribution >= 4 is 11.6 Å². The highest BCUT2D eigenvalue weighted by atomic mass is 19.4. The molecule has 1 amide bonds. The lowest BCUT2D eigenvalue weighted by Crippen LogP contribution is -2.28. The minimum absolute atomic E-state index is 0.0455. The number of halogens is 3. The Morgan fingerprint density at radius 3 is 2.39 bits per heavy atom. The third kappa shape index (κ3) is 3.06. The van der Waals surface area contributed by atoms with Crippen molar-refractivity contribution in [1.82, 2.24) is 10.1 Å². The van der Waals surface area contributed by atoms with Gasteiger partial charge in [0, 0.05) is 24.2 Å². The number of aromatic nitrogens is 2. The van der Waals surface area contributed by atoms with Crippen molar-refractivity contribution in [2.45, 2.75) is 19.5 Å². The Hall–Kier alpha value is -2.38. The number of anilines is 1. The zero-order valence-corrected chi connectivity index (χ0v) is 12.5. The maximum Gasteiger partial charge on any atom is 0.471 e. The summed E-state index contributed by atoms with van der Waals surface area (Å²) in [4.78, 5) is 17.0. The molecule has 8 heteroatoms. The van der Waals surface area contributed by atoms with Crippen molar-refractivity contribution in [3.05, 3.63) is 30.2 Å². The molecule has 0 aliphatic heterocycles. The van der Waals surface area contributed by atoms with E-state index in [4.69, 9.17) is 0 Å². The molecule has 5 nitrogen and oxygen atoms in total. The van der Waals surface area contributed by atoms with Crippen LogP contribution in [0.3, 0.4) is 0 Å². The fourth-order valence-corrected chi connectivity index (χ4v) is 2.33. The molecule has 122 valence electrons. The molecule has 1 fully saturated rings. The zero-order chi connectivity index (χ0) is 16.8. The summed E-state index contributed by atoms with van der Waals surface area (Å²) < 4.78 is 41.5. The van der Waals surface area contributed by atoms with E-state index in [1.807, 2.05) is 6.92 Å². The quantitative estimate of drug-likeness (QED) is 0.868. The van der Waals surface area contributed by atoms with Crippen LogP contribution in [0.4, 0.5) is 18.9 Å². The highest BCUT2D eigenvalue weighted by Gasteiger charge is 2.41. The van der Waals surface area contributed by atoms with Gasteiger partial charge in [0.25, 0.3) is 0 Å². The summed E-state index contributed by atoms with van der Waals surface area (Å²) in [5, 5.41) is 3.32. The Morgan fingerprint density at radius 1 is 1.30 bits per heavy atom. The van der Waals surface area contributed by atoms with Gasteiger partial charge >= 0.3 is 12.1 Å². The minimum Gasteiger partial charge on any atom is -0.329 e. The van der Waals surface area contributed by atoms with Crippen molar-refractivity contribution in [2.24, 2.45) is 11.8 Å². The molecule has 3 rings (SSSR count). The van der Waals surface area contributed by atoms with Crippen molar-refractivity contribution in [3.8, 4) is 11.4 Å². The first kappa shape index (κ1) is 15.5. The van der Waals surface area contributed by atoms with Crippen LogP contribution in [-0.4, -0.2) is 23.1 Å². The maximum atomic E-state index is 12.4. The molecule has 0 bridgehead atoms. The molecule has 1 aromatic carbocycles. The van der Waals surface area contributed by atoms with Crippen molar-refractivity contribution < 1.29 is 22.5 Å². The number of carbonyl (C=O) groups is 1. The van der Waals surface area contributed by atoms with E-state index >= 15 is 0 Å². The van der Waals surface area contributed by atoms with Gasteiger partial charge in [-0.2, -0.15) is 18.2 Å². The van der Waals surface area contributed by atoms with Gasteiger partial charge in [0.1, 0.15) is 0 Å². The van der Waals surface area contributed by atoms with E-state index in [-0.39, 0.29) is 17.6 Å². The summed E-state index contributed by atoms with van der Waals surface area (Å²) in [6.45, 7) is 2.02. The third-order valence-corrected chi connectivity index (χ3v) is 3.94. The molecular weight excluding hydrogens is 311 g/mol. The van der Waals surface area contributed by atoms with Crippen LogP contribution in [0.15, 0.2) is 28.8 Å². The molecule has 2 atom stereocenters. The van der Waals surface area contributed by atoms with Crippen LogP contribution in [0.2, 0.25) is 0 Å². The van der Waals surface area contributed by atoms with Gasteiger partial charge in [-0.15, -0.1) is 0 Å². The fourth-order valence-electron chi connectivity index (χ4n) is 2.33. The van der Waals surface area contributed by atoms with Gasteiger partial charge in [0.2, 0.25) is 11.7 Å². The summed E-state index contributed by atoms with van der Waals surface area (Å²) >= 11 is 0. The molecule has 0 spiro atoms. The number of amides is 1. The van der Waals surface area contributed by atoms with Gasteiger partial charge in [-0.3, -0.25) is 4.79 Å². The molecule has 1 aliphatic carbocycles. The number of nitrogens with zero attached hydrogens (tertiary/aromatic N) is 3. The molecule has 0 N–H and O–H groups in total. The second-order valence-electron chi connectivity index (χ2n) is 5.68. The van der Waals surface area contributed by atoms with Gasteiger partial charge in [-0.25, -0.2) is 0 Å². The van der Waals surface area contributed by atoms with Crippen LogP contribution in [0.1, 0.15) is 19.2 Å². The average Bonchev–Trinajstić information content (AvgIpc) is 3.03. The Morgan fingerprint density at radius 2 is 1.91 bits per heavy atom. The lowest BCUT2D eigenvalue weighted by atomic mass is 10.2. The monoisotopic (exact) mass is 325 g/mol. The number of hydrogen-bond acceptors (Lipinski definition) is 4. The number of hydrogen-bond donors (Lipinski definition) is 0. The van der Waals surface area contributed by atoms with Gasteiger partial charge < -0.3 is 9.42 Å². The summed E-state index contributed by atoms with van der Waals surface area (Å²) in [7, 11) is 1.68. The van der Waals surface area contributed by atoms with Crippen LogP contribution in [0, 0.1) is 11.8 Å². The van der Waals surface area contributed by atoms with Gasteiger partial charge in [-0.1, -0.05) is 12.1 Å². The Kier molecular flexibility index (Phi) is 3.62. The van der Waals surface area contributed by atoms with Gasteiger partial charge in [0.15, 0.2) is 0 Å². The largest absolute Gasteiger partial charge is 0.471 e. The lowest BCUT2D eigenvalue weighted by Gasteiger charge is -2.17. The molecule has 2 aromatic rings. The minimum atomic E-state index is -4.67. The van der Waals surface area contributed by atoms with E-state index < -0.39 is 12.1 Å². The van der Waals surface area contributed by atoms with Crippen molar-refractivity contribution in [2.75, 3.05) is 11.9 Å². The Balaban J connectivity index is 1.77. The fraction of sp³-hybridized carbons (Fsp3) is 0.400. The lowest BCUT2D eigenvalue weighted by molar-refractivity contribution is -0.159. The second-order valence-corrected chi connectivity index (χ2v) is 5.68. The molecule has 1 aromatic heterocycles. The second kappa shape index (κ2) is 5.36. The van der Waals surface area contributed by atoms with Crippen molar-refractivity contribution in [3.63, 3.8) is 0 Å². The van der Waals surface area contributed by atoms with Crippen LogP contribution >= 0.6 is 0 Å². The molecule has 1 heterocycles. The van der Waals surface area contributed by atoms with E-state index in [1.165, 1.54) is 0 Å². The van der Waals surface area contributed by atoms with E-state index in [9.17, 15) is 18.0 Å². The van der Waals surface area contributed by atoms with Crippen LogP contribution < -0.4 is 4.90 Å². The number of rotatable bonds is 3. The zero-order valence-electron chi connectivity index (χ0n) is 12.5. The number of carbonyl (C=O) groups excluding carboxylic acids is 1. The first-order valence-electron chi connectivity index (χ1n) is 7.06. The third-order valence-electron chi connectivity index (χ3n) is 3.94. The summed E-state index contributed by atoms with van der Waals surface area (Å²) in [5.74, 6) is -1.01. The normalized spacial score (nSPS) is 20.4.